The van der Waals surface area contributed by atoms with Crippen LogP contribution in [-0.4, -0.2) is 30.1 Å². The molecule has 2 heterocycles. The molecule has 0 aliphatic carbocycles. The molecule has 0 radical (unpaired) electrons. The number of nitrogens with zero attached hydrogens (tertiary/aromatic N) is 1. The molecule has 6 nitrogen and oxygen atoms in total. The van der Waals surface area contributed by atoms with Crippen LogP contribution < -0.4 is 14.8 Å². The highest BCUT2D eigenvalue weighted by Crippen LogP contribution is 2.34. The van der Waals surface area contributed by atoms with Crippen molar-refractivity contribution in [1.29, 1.82) is 0 Å². The van der Waals surface area contributed by atoms with Crippen LogP contribution in [0.1, 0.15) is 16.1 Å². The summed E-state index contributed by atoms with van der Waals surface area (Å²) in [4.78, 5) is 20.7. The first-order valence-electron chi connectivity index (χ1n) is 8.66. The summed E-state index contributed by atoms with van der Waals surface area (Å²) in [6, 6.07) is 13.2. The van der Waals surface area contributed by atoms with Gasteiger partial charge >= 0.3 is 0 Å². The number of ether oxygens (including phenoxy) is 2. The summed E-state index contributed by atoms with van der Waals surface area (Å²) < 4.78 is 10.5. The maximum absolute atomic E-state index is 12.7. The van der Waals surface area contributed by atoms with Crippen molar-refractivity contribution in [3.05, 3.63) is 59.1 Å². The van der Waals surface area contributed by atoms with E-state index < -0.39 is 0 Å². The van der Waals surface area contributed by atoms with Gasteiger partial charge in [-0.25, -0.2) is 4.98 Å². The molecule has 142 valence electrons. The van der Waals surface area contributed by atoms with E-state index in [1.807, 2.05) is 30.5 Å². The molecular weight excluding hydrogens is 374 g/mol. The second kappa shape index (κ2) is 7.36. The Bertz CT molecular complexity index is 1140. The van der Waals surface area contributed by atoms with Crippen LogP contribution in [-0.2, 0) is 0 Å². The number of carbonyl (C=O) groups is 1. The molecule has 4 rings (SSSR count). The number of amides is 1. The fraction of sp³-hybridized carbons (Fsp3) is 0.143. The molecule has 0 aliphatic rings. The smallest absolute Gasteiger partial charge is 0.257 e. The lowest BCUT2D eigenvalue weighted by Crippen LogP contribution is -2.12. The lowest BCUT2D eigenvalue weighted by molar-refractivity contribution is 0.102. The van der Waals surface area contributed by atoms with E-state index >= 15 is 0 Å². The van der Waals surface area contributed by atoms with Gasteiger partial charge in [-0.1, -0.05) is 18.2 Å². The van der Waals surface area contributed by atoms with Crippen LogP contribution in [0.5, 0.6) is 11.5 Å². The SMILES string of the molecule is COc1cc(OC)cc(C(=O)Nc2nc(-c3c(C)[nH]c4ccccc34)cs2)c1. The molecule has 1 amide bonds. The summed E-state index contributed by atoms with van der Waals surface area (Å²) in [5.41, 5.74) is 4.43. The third kappa shape index (κ3) is 3.32. The number of nitrogens with one attached hydrogen (secondary N) is 2. The van der Waals surface area contributed by atoms with Crippen molar-refractivity contribution in [2.24, 2.45) is 0 Å². The average molecular weight is 393 g/mol. The number of hydrogen-bond donors (Lipinski definition) is 2. The summed E-state index contributed by atoms with van der Waals surface area (Å²) in [5, 5.41) is 6.45. The van der Waals surface area contributed by atoms with Gasteiger partial charge in [0.25, 0.3) is 5.91 Å². The van der Waals surface area contributed by atoms with Crippen molar-refractivity contribution < 1.29 is 14.3 Å². The van der Waals surface area contributed by atoms with Crippen molar-refractivity contribution in [3.8, 4) is 22.8 Å². The number of rotatable bonds is 5. The van der Waals surface area contributed by atoms with Crippen LogP contribution in [0.4, 0.5) is 5.13 Å². The van der Waals surface area contributed by atoms with Gasteiger partial charge in [0.2, 0.25) is 0 Å². The molecular formula is C21H19N3O3S. The number of benzene rings is 2. The van der Waals surface area contributed by atoms with Gasteiger partial charge in [-0.2, -0.15) is 0 Å². The number of hydrogen-bond acceptors (Lipinski definition) is 5. The number of fused-ring (bicyclic) bond motifs is 1. The van der Waals surface area contributed by atoms with E-state index in [1.54, 1.807) is 32.4 Å². The summed E-state index contributed by atoms with van der Waals surface area (Å²) in [6.45, 7) is 2.02. The summed E-state index contributed by atoms with van der Waals surface area (Å²) in [6.07, 6.45) is 0. The second-order valence-electron chi connectivity index (χ2n) is 6.26. The fourth-order valence-electron chi connectivity index (χ4n) is 3.16. The Morgan fingerprint density at radius 2 is 1.82 bits per heavy atom. The van der Waals surface area contributed by atoms with E-state index in [4.69, 9.17) is 9.47 Å². The lowest BCUT2D eigenvalue weighted by Gasteiger charge is -2.08. The Morgan fingerprint density at radius 3 is 2.54 bits per heavy atom. The van der Waals surface area contributed by atoms with Crippen LogP contribution in [0.2, 0.25) is 0 Å². The molecule has 2 N–H and O–H groups in total. The fourth-order valence-corrected chi connectivity index (χ4v) is 3.86. The van der Waals surface area contributed by atoms with Crippen LogP contribution >= 0.6 is 11.3 Å². The topological polar surface area (TPSA) is 76.2 Å². The van der Waals surface area contributed by atoms with E-state index in [9.17, 15) is 4.79 Å². The number of methoxy groups -OCH3 is 2. The van der Waals surface area contributed by atoms with E-state index in [0.717, 1.165) is 27.9 Å². The van der Waals surface area contributed by atoms with Crippen molar-refractivity contribution in [3.63, 3.8) is 0 Å². The molecule has 0 bridgehead atoms. The Labute approximate surface area is 166 Å². The highest BCUT2D eigenvalue weighted by Gasteiger charge is 2.16. The monoisotopic (exact) mass is 393 g/mol. The zero-order chi connectivity index (χ0) is 19.7. The van der Waals surface area contributed by atoms with Crippen molar-refractivity contribution in [2.45, 2.75) is 6.92 Å². The Morgan fingerprint density at radius 1 is 1.11 bits per heavy atom. The minimum Gasteiger partial charge on any atom is -0.497 e. The van der Waals surface area contributed by atoms with Gasteiger partial charge in [-0.3, -0.25) is 10.1 Å². The molecule has 0 unspecified atom stereocenters. The van der Waals surface area contributed by atoms with Gasteiger partial charge in [-0.05, 0) is 25.1 Å². The average Bonchev–Trinajstić information content (AvgIpc) is 3.30. The van der Waals surface area contributed by atoms with Crippen molar-refractivity contribution >= 4 is 33.3 Å². The predicted molar refractivity (Wildman–Crippen MR) is 112 cm³/mol. The maximum Gasteiger partial charge on any atom is 0.257 e. The lowest BCUT2D eigenvalue weighted by atomic mass is 10.1. The highest BCUT2D eigenvalue weighted by atomic mass is 32.1. The summed E-state index contributed by atoms with van der Waals surface area (Å²) >= 11 is 1.39. The number of thiazole rings is 1. The molecule has 0 atom stereocenters. The number of anilines is 1. The molecule has 0 spiro atoms. The third-order valence-electron chi connectivity index (χ3n) is 4.49. The van der Waals surface area contributed by atoms with Gasteiger partial charge in [0.15, 0.2) is 5.13 Å². The number of aromatic nitrogens is 2. The highest BCUT2D eigenvalue weighted by molar-refractivity contribution is 7.14. The molecule has 0 saturated carbocycles. The second-order valence-corrected chi connectivity index (χ2v) is 7.12. The molecule has 7 heteroatoms. The van der Waals surface area contributed by atoms with Gasteiger partial charge in [0.1, 0.15) is 11.5 Å². The van der Waals surface area contributed by atoms with E-state index in [1.165, 1.54) is 11.3 Å². The van der Waals surface area contributed by atoms with E-state index in [-0.39, 0.29) is 5.91 Å². The zero-order valence-corrected chi connectivity index (χ0v) is 16.5. The predicted octanol–water partition coefficient (Wildman–Crippen LogP) is 4.87. The van der Waals surface area contributed by atoms with Crippen molar-refractivity contribution in [2.75, 3.05) is 19.5 Å². The van der Waals surface area contributed by atoms with Crippen LogP contribution in [0.3, 0.4) is 0 Å². The largest absolute Gasteiger partial charge is 0.497 e. The first-order valence-corrected chi connectivity index (χ1v) is 9.54. The normalized spacial score (nSPS) is 10.8. The summed E-state index contributed by atoms with van der Waals surface area (Å²) in [5.74, 6) is 0.839. The standard InChI is InChI=1S/C21H19N3O3S/c1-12-19(16-6-4-5-7-17(16)22-12)18-11-28-21(23-18)24-20(25)13-8-14(26-2)10-15(9-13)27-3/h4-11,22H,1-3H3,(H,23,24,25). The maximum atomic E-state index is 12.7. The first kappa shape index (κ1) is 18.1. The van der Waals surface area contributed by atoms with Crippen LogP contribution in [0, 0.1) is 6.92 Å². The van der Waals surface area contributed by atoms with Crippen LogP contribution in [0.25, 0.3) is 22.2 Å². The van der Waals surface area contributed by atoms with E-state index in [2.05, 4.69) is 21.4 Å². The van der Waals surface area contributed by atoms with Gasteiger partial charge < -0.3 is 14.5 Å². The van der Waals surface area contributed by atoms with Gasteiger partial charge in [0.05, 0.1) is 19.9 Å². The Kier molecular flexibility index (Phi) is 4.75. The number of aromatic amines is 1. The quantitative estimate of drug-likeness (QED) is 0.507. The minimum absolute atomic E-state index is 0.270. The van der Waals surface area contributed by atoms with Crippen molar-refractivity contribution in [1.82, 2.24) is 9.97 Å². The van der Waals surface area contributed by atoms with Gasteiger partial charge in [-0.15, -0.1) is 11.3 Å². The number of para-hydroxylation sites is 1. The molecule has 2 aromatic heterocycles. The minimum atomic E-state index is -0.270. The Hall–Kier alpha value is -3.32. The van der Waals surface area contributed by atoms with Gasteiger partial charge in [0, 0.05) is 39.2 Å². The molecule has 0 aliphatic heterocycles. The summed E-state index contributed by atoms with van der Waals surface area (Å²) in [7, 11) is 3.10. The van der Waals surface area contributed by atoms with E-state index in [0.29, 0.717) is 22.2 Å². The number of aryl methyl sites for hydroxylation is 1. The number of carbonyl (C=O) groups excluding carboxylic acids is 1. The molecule has 0 saturated heterocycles. The zero-order valence-electron chi connectivity index (χ0n) is 15.7. The molecule has 28 heavy (non-hydrogen) atoms. The Balaban J connectivity index is 1.62. The van der Waals surface area contributed by atoms with Crippen LogP contribution in [0.15, 0.2) is 47.8 Å². The number of H-pyrrole nitrogens is 1. The molecule has 0 fully saturated rings. The third-order valence-corrected chi connectivity index (χ3v) is 5.25. The molecule has 4 aromatic rings. The molecule has 2 aromatic carbocycles. The first-order chi connectivity index (χ1) is 13.6.